The maximum Gasteiger partial charge on any atom is 0.0784 e. The van der Waals surface area contributed by atoms with Crippen molar-refractivity contribution in [1.29, 1.82) is 0 Å². The number of nitrogens with zero attached hydrogens (tertiary/aromatic N) is 1. The first-order valence-electron chi connectivity index (χ1n) is 7.46. The van der Waals surface area contributed by atoms with E-state index in [1.54, 1.807) is 0 Å². The molecule has 1 saturated heterocycles. The van der Waals surface area contributed by atoms with E-state index in [0.29, 0.717) is 10.4 Å². The highest BCUT2D eigenvalue weighted by Crippen LogP contribution is 2.45. The second-order valence-electron chi connectivity index (χ2n) is 7.08. The Morgan fingerprint density at radius 2 is 1.94 bits per heavy atom. The van der Waals surface area contributed by atoms with E-state index < -0.39 is 0 Å². The molecule has 1 saturated carbocycles. The fourth-order valence-corrected chi connectivity index (χ4v) is 3.72. The molecule has 2 aliphatic rings. The van der Waals surface area contributed by atoms with E-state index in [2.05, 4.69) is 18.7 Å². The SMILES string of the molecule is CC(C)(CCCN1CCC2(CCCC2)C1)C(N)=S. The van der Waals surface area contributed by atoms with Gasteiger partial charge in [-0.05, 0) is 50.6 Å². The Labute approximate surface area is 117 Å². The van der Waals surface area contributed by atoms with Crippen molar-refractivity contribution in [3.8, 4) is 0 Å². The summed E-state index contributed by atoms with van der Waals surface area (Å²) in [5.41, 5.74) is 6.51. The lowest BCUT2D eigenvalue weighted by molar-refractivity contribution is 0.251. The number of thiocarbonyl (C=S) groups is 1. The molecule has 1 aliphatic carbocycles. The lowest BCUT2D eigenvalue weighted by Crippen LogP contribution is -2.31. The first kappa shape index (κ1) is 14.3. The van der Waals surface area contributed by atoms with Crippen LogP contribution in [0.15, 0.2) is 0 Å². The van der Waals surface area contributed by atoms with Gasteiger partial charge in [0.1, 0.15) is 0 Å². The molecule has 0 aromatic carbocycles. The van der Waals surface area contributed by atoms with E-state index in [1.165, 1.54) is 58.2 Å². The fourth-order valence-electron chi connectivity index (χ4n) is 3.62. The summed E-state index contributed by atoms with van der Waals surface area (Å²) in [7, 11) is 0. The summed E-state index contributed by atoms with van der Waals surface area (Å²) >= 11 is 5.13. The van der Waals surface area contributed by atoms with Crippen LogP contribution in [-0.2, 0) is 0 Å². The van der Waals surface area contributed by atoms with Gasteiger partial charge in [0.25, 0.3) is 0 Å². The third kappa shape index (κ3) is 3.24. The van der Waals surface area contributed by atoms with Crippen molar-refractivity contribution in [2.75, 3.05) is 19.6 Å². The summed E-state index contributed by atoms with van der Waals surface area (Å²) in [4.78, 5) is 3.33. The average molecular weight is 268 g/mol. The Morgan fingerprint density at radius 1 is 1.28 bits per heavy atom. The van der Waals surface area contributed by atoms with E-state index >= 15 is 0 Å². The lowest BCUT2D eigenvalue weighted by atomic mass is 9.85. The summed E-state index contributed by atoms with van der Waals surface area (Å²) in [5, 5.41) is 0. The third-order valence-corrected chi connectivity index (χ3v) is 5.68. The van der Waals surface area contributed by atoms with Gasteiger partial charge in [-0.15, -0.1) is 0 Å². The van der Waals surface area contributed by atoms with Crippen molar-refractivity contribution in [3.63, 3.8) is 0 Å². The molecule has 2 N–H and O–H groups in total. The monoisotopic (exact) mass is 268 g/mol. The Hall–Kier alpha value is -0.150. The van der Waals surface area contributed by atoms with Gasteiger partial charge < -0.3 is 10.6 Å². The minimum Gasteiger partial charge on any atom is -0.393 e. The molecule has 0 unspecified atom stereocenters. The molecule has 2 nitrogen and oxygen atoms in total. The van der Waals surface area contributed by atoms with Gasteiger partial charge in [0.15, 0.2) is 0 Å². The topological polar surface area (TPSA) is 29.3 Å². The van der Waals surface area contributed by atoms with Crippen LogP contribution in [0.25, 0.3) is 0 Å². The van der Waals surface area contributed by atoms with E-state index in [1.807, 2.05) is 0 Å². The van der Waals surface area contributed by atoms with Crippen molar-refractivity contribution >= 4 is 17.2 Å². The van der Waals surface area contributed by atoms with E-state index in [9.17, 15) is 0 Å². The second-order valence-corrected chi connectivity index (χ2v) is 7.52. The van der Waals surface area contributed by atoms with Crippen molar-refractivity contribution in [2.24, 2.45) is 16.6 Å². The summed E-state index contributed by atoms with van der Waals surface area (Å²) in [5.74, 6) is 0. The summed E-state index contributed by atoms with van der Waals surface area (Å²) < 4.78 is 0. The Bertz CT molecular complexity index is 306. The maximum absolute atomic E-state index is 5.78. The fraction of sp³-hybridized carbons (Fsp3) is 0.933. The van der Waals surface area contributed by atoms with Crippen LogP contribution in [0.4, 0.5) is 0 Å². The summed E-state index contributed by atoms with van der Waals surface area (Å²) in [6, 6.07) is 0. The normalized spacial score (nSPS) is 23.9. The molecule has 104 valence electrons. The van der Waals surface area contributed by atoms with Gasteiger partial charge in [-0.1, -0.05) is 38.9 Å². The Kier molecular flexibility index (Phi) is 4.32. The smallest absolute Gasteiger partial charge is 0.0784 e. The molecule has 1 aliphatic heterocycles. The number of rotatable bonds is 5. The van der Waals surface area contributed by atoms with Gasteiger partial charge in [0, 0.05) is 12.0 Å². The van der Waals surface area contributed by atoms with Crippen molar-refractivity contribution in [3.05, 3.63) is 0 Å². The largest absolute Gasteiger partial charge is 0.393 e. The molecule has 18 heavy (non-hydrogen) atoms. The molecular weight excluding hydrogens is 240 g/mol. The zero-order valence-electron chi connectivity index (χ0n) is 12.0. The standard InChI is InChI=1S/C15H28N2S/c1-14(2,13(16)18)6-5-10-17-11-9-15(12-17)7-3-4-8-15/h3-12H2,1-2H3,(H2,16,18). The zero-order chi connectivity index (χ0) is 13.2. The third-order valence-electron chi connectivity index (χ3n) is 5.12. The predicted molar refractivity (Wildman–Crippen MR) is 81.8 cm³/mol. The highest BCUT2D eigenvalue weighted by Gasteiger charge is 2.39. The van der Waals surface area contributed by atoms with Crippen LogP contribution < -0.4 is 5.73 Å². The van der Waals surface area contributed by atoms with Crippen LogP contribution in [0.3, 0.4) is 0 Å². The van der Waals surface area contributed by atoms with Gasteiger partial charge in [-0.25, -0.2) is 0 Å². The van der Waals surface area contributed by atoms with Gasteiger partial charge >= 0.3 is 0 Å². The molecule has 2 rings (SSSR count). The van der Waals surface area contributed by atoms with Gasteiger partial charge in [0.05, 0.1) is 4.99 Å². The minimum atomic E-state index is 0.0279. The molecule has 1 heterocycles. The molecule has 1 spiro atoms. The molecule has 0 aromatic rings. The number of hydrogen-bond donors (Lipinski definition) is 1. The van der Waals surface area contributed by atoms with Crippen LogP contribution in [0.2, 0.25) is 0 Å². The molecule has 2 fully saturated rings. The first-order chi connectivity index (χ1) is 8.44. The molecule has 0 amide bonds. The van der Waals surface area contributed by atoms with E-state index in [-0.39, 0.29) is 5.41 Å². The molecular formula is C15H28N2S. The second kappa shape index (κ2) is 5.46. The van der Waals surface area contributed by atoms with Gasteiger partial charge in [-0.2, -0.15) is 0 Å². The van der Waals surface area contributed by atoms with Crippen LogP contribution in [0.1, 0.15) is 58.8 Å². The maximum atomic E-state index is 5.78. The molecule has 0 radical (unpaired) electrons. The first-order valence-corrected chi connectivity index (χ1v) is 7.87. The zero-order valence-corrected chi connectivity index (χ0v) is 12.8. The molecule has 3 heteroatoms. The van der Waals surface area contributed by atoms with Gasteiger partial charge in [-0.3, -0.25) is 0 Å². The van der Waals surface area contributed by atoms with Crippen LogP contribution in [0.5, 0.6) is 0 Å². The molecule has 0 atom stereocenters. The van der Waals surface area contributed by atoms with E-state index in [0.717, 1.165) is 6.42 Å². The average Bonchev–Trinajstić information content (AvgIpc) is 2.90. The summed E-state index contributed by atoms with van der Waals surface area (Å²) in [6.45, 7) is 8.22. The Morgan fingerprint density at radius 3 is 2.56 bits per heavy atom. The van der Waals surface area contributed by atoms with E-state index in [4.69, 9.17) is 18.0 Å². The highest BCUT2D eigenvalue weighted by atomic mass is 32.1. The number of likely N-dealkylation sites (tertiary alicyclic amines) is 1. The quantitative estimate of drug-likeness (QED) is 0.775. The summed E-state index contributed by atoms with van der Waals surface area (Å²) in [6.07, 6.45) is 9.65. The lowest BCUT2D eigenvalue weighted by Gasteiger charge is -2.26. The van der Waals surface area contributed by atoms with Crippen molar-refractivity contribution < 1.29 is 0 Å². The minimum absolute atomic E-state index is 0.0279. The van der Waals surface area contributed by atoms with Crippen LogP contribution >= 0.6 is 12.2 Å². The molecule has 0 bridgehead atoms. The number of nitrogens with two attached hydrogens (primary N) is 1. The highest BCUT2D eigenvalue weighted by molar-refractivity contribution is 7.80. The van der Waals surface area contributed by atoms with Crippen molar-refractivity contribution in [2.45, 2.75) is 58.8 Å². The number of hydrogen-bond acceptors (Lipinski definition) is 2. The van der Waals surface area contributed by atoms with Crippen LogP contribution in [0, 0.1) is 10.8 Å². The van der Waals surface area contributed by atoms with Gasteiger partial charge in [0.2, 0.25) is 0 Å². The van der Waals surface area contributed by atoms with Crippen LogP contribution in [-0.4, -0.2) is 29.5 Å². The Balaban J connectivity index is 1.71. The van der Waals surface area contributed by atoms with Crippen molar-refractivity contribution in [1.82, 2.24) is 4.90 Å². The predicted octanol–water partition coefficient (Wildman–Crippen LogP) is 3.35. The molecule has 0 aromatic heterocycles.